The Morgan fingerprint density at radius 2 is 1.77 bits per heavy atom. The van der Waals surface area contributed by atoms with Crippen molar-refractivity contribution in [3.05, 3.63) is 29.3 Å². The van der Waals surface area contributed by atoms with E-state index in [1.807, 2.05) is 6.07 Å². The number of unbranched alkanes of at least 4 members (excludes halogenated alkanes) is 2. The van der Waals surface area contributed by atoms with E-state index in [9.17, 15) is 9.90 Å². The maximum atomic E-state index is 13.3. The van der Waals surface area contributed by atoms with Gasteiger partial charge in [0, 0.05) is 12.3 Å². The molecule has 5 heteroatoms. The van der Waals surface area contributed by atoms with E-state index in [2.05, 4.69) is 59.0 Å². The number of carbonyl (C=O) groups is 1. The van der Waals surface area contributed by atoms with Gasteiger partial charge in [-0.15, -0.1) is 0 Å². The minimum absolute atomic E-state index is 0.130. The summed E-state index contributed by atoms with van der Waals surface area (Å²) in [6, 6.07) is 6.18. The summed E-state index contributed by atoms with van der Waals surface area (Å²) in [5.74, 6) is 0.321. The fraction of sp³-hybridized carbons (Fsp3) is 0.720. The SMILES string of the molecule is CCCCO[C@H]1[C@@H](C(=O)Nc2c(C(C)C)cccc2C(C)C)OC[C@@]1(O)CCCC. The molecule has 0 unspecified atom stereocenters. The normalized spacial score (nSPS) is 24.0. The summed E-state index contributed by atoms with van der Waals surface area (Å²) in [5, 5.41) is 14.4. The fourth-order valence-corrected chi connectivity index (χ4v) is 4.08. The monoisotopic (exact) mass is 419 g/mol. The molecule has 0 saturated carbocycles. The zero-order valence-corrected chi connectivity index (χ0v) is 19.7. The van der Waals surface area contributed by atoms with E-state index in [-0.39, 0.29) is 24.3 Å². The summed E-state index contributed by atoms with van der Waals surface area (Å²) in [4.78, 5) is 13.3. The van der Waals surface area contributed by atoms with Crippen molar-refractivity contribution in [2.75, 3.05) is 18.5 Å². The summed E-state index contributed by atoms with van der Waals surface area (Å²) in [6.07, 6.45) is 2.84. The van der Waals surface area contributed by atoms with Crippen molar-refractivity contribution in [3.63, 3.8) is 0 Å². The molecule has 1 heterocycles. The van der Waals surface area contributed by atoms with Gasteiger partial charge < -0.3 is 19.9 Å². The molecule has 0 aromatic heterocycles. The van der Waals surface area contributed by atoms with Crippen LogP contribution in [0.1, 0.15) is 96.6 Å². The van der Waals surface area contributed by atoms with Crippen molar-refractivity contribution in [2.24, 2.45) is 0 Å². The molecule has 1 aromatic carbocycles. The zero-order valence-electron chi connectivity index (χ0n) is 19.7. The maximum Gasteiger partial charge on any atom is 0.256 e. The smallest absolute Gasteiger partial charge is 0.256 e. The third-order valence-corrected chi connectivity index (χ3v) is 5.96. The lowest BCUT2D eigenvalue weighted by Gasteiger charge is -2.30. The highest BCUT2D eigenvalue weighted by molar-refractivity contribution is 5.96. The molecular weight excluding hydrogens is 378 g/mol. The Labute approximate surface area is 182 Å². The van der Waals surface area contributed by atoms with Crippen LogP contribution in [0.25, 0.3) is 0 Å². The lowest BCUT2D eigenvalue weighted by Crippen LogP contribution is -2.49. The maximum absolute atomic E-state index is 13.3. The number of hydrogen-bond donors (Lipinski definition) is 2. The van der Waals surface area contributed by atoms with Crippen LogP contribution in [-0.2, 0) is 14.3 Å². The third-order valence-electron chi connectivity index (χ3n) is 5.96. The molecule has 0 spiro atoms. The van der Waals surface area contributed by atoms with E-state index in [1.165, 1.54) is 0 Å². The number of nitrogens with one attached hydrogen (secondary N) is 1. The predicted molar refractivity (Wildman–Crippen MR) is 122 cm³/mol. The van der Waals surface area contributed by atoms with E-state index in [0.29, 0.717) is 13.0 Å². The van der Waals surface area contributed by atoms with Crippen molar-refractivity contribution >= 4 is 11.6 Å². The topological polar surface area (TPSA) is 67.8 Å². The van der Waals surface area contributed by atoms with Crippen molar-refractivity contribution in [3.8, 4) is 0 Å². The second kappa shape index (κ2) is 11.3. The molecule has 5 nitrogen and oxygen atoms in total. The molecule has 170 valence electrons. The Hall–Kier alpha value is -1.43. The number of para-hydroxylation sites is 1. The van der Waals surface area contributed by atoms with Gasteiger partial charge in [0.2, 0.25) is 0 Å². The van der Waals surface area contributed by atoms with Gasteiger partial charge in [-0.25, -0.2) is 0 Å². The van der Waals surface area contributed by atoms with E-state index in [0.717, 1.165) is 42.5 Å². The first-order valence-electron chi connectivity index (χ1n) is 11.6. The number of aliphatic hydroxyl groups is 1. The average Bonchev–Trinajstić information content (AvgIpc) is 3.03. The average molecular weight is 420 g/mol. The number of amides is 1. The Bertz CT molecular complexity index is 661. The number of rotatable bonds is 11. The second-order valence-electron chi connectivity index (χ2n) is 9.19. The molecule has 1 aliphatic rings. The molecule has 0 radical (unpaired) electrons. The van der Waals surface area contributed by atoms with Crippen LogP contribution in [-0.4, -0.2) is 42.0 Å². The highest BCUT2D eigenvalue weighted by Gasteiger charge is 2.52. The summed E-state index contributed by atoms with van der Waals surface area (Å²) in [6.45, 7) is 13.3. The molecule has 1 fully saturated rings. The second-order valence-corrected chi connectivity index (χ2v) is 9.19. The van der Waals surface area contributed by atoms with Gasteiger partial charge in [0.15, 0.2) is 6.10 Å². The molecule has 3 atom stereocenters. The van der Waals surface area contributed by atoms with Gasteiger partial charge in [-0.05, 0) is 35.8 Å². The number of hydrogen-bond acceptors (Lipinski definition) is 4. The van der Waals surface area contributed by atoms with Gasteiger partial charge in [-0.1, -0.05) is 79.0 Å². The van der Waals surface area contributed by atoms with Gasteiger partial charge in [-0.2, -0.15) is 0 Å². The molecule has 2 N–H and O–H groups in total. The highest BCUT2D eigenvalue weighted by Crippen LogP contribution is 2.36. The first kappa shape index (κ1) is 24.8. The molecule has 0 bridgehead atoms. The van der Waals surface area contributed by atoms with Crippen LogP contribution in [0.5, 0.6) is 0 Å². The minimum atomic E-state index is -1.12. The van der Waals surface area contributed by atoms with Crippen molar-refractivity contribution < 1.29 is 19.4 Å². The zero-order chi connectivity index (χ0) is 22.3. The number of ether oxygens (including phenoxy) is 2. The van der Waals surface area contributed by atoms with Crippen LogP contribution in [0.15, 0.2) is 18.2 Å². The molecular formula is C25H41NO4. The third kappa shape index (κ3) is 5.83. The highest BCUT2D eigenvalue weighted by atomic mass is 16.6. The number of carbonyl (C=O) groups excluding carboxylic acids is 1. The van der Waals surface area contributed by atoms with Gasteiger partial charge in [-0.3, -0.25) is 4.79 Å². The lowest BCUT2D eigenvalue weighted by atomic mass is 9.89. The van der Waals surface area contributed by atoms with Gasteiger partial charge in [0.1, 0.15) is 11.7 Å². The van der Waals surface area contributed by atoms with Crippen LogP contribution in [0, 0.1) is 0 Å². The molecule has 1 amide bonds. The van der Waals surface area contributed by atoms with E-state index < -0.39 is 17.8 Å². The number of anilines is 1. The Balaban J connectivity index is 2.28. The molecule has 0 aliphatic carbocycles. The molecule has 1 saturated heterocycles. The lowest BCUT2D eigenvalue weighted by molar-refractivity contribution is -0.134. The molecule has 1 aromatic rings. The minimum Gasteiger partial charge on any atom is -0.385 e. The van der Waals surface area contributed by atoms with Crippen LogP contribution in [0.2, 0.25) is 0 Å². The Morgan fingerprint density at radius 3 is 2.30 bits per heavy atom. The summed E-state index contributed by atoms with van der Waals surface area (Å²) >= 11 is 0. The molecule has 1 aliphatic heterocycles. The summed E-state index contributed by atoms with van der Waals surface area (Å²) < 4.78 is 11.9. The van der Waals surface area contributed by atoms with Gasteiger partial charge in [0.25, 0.3) is 5.91 Å². The quantitative estimate of drug-likeness (QED) is 0.473. The van der Waals surface area contributed by atoms with Crippen molar-refractivity contribution in [1.29, 1.82) is 0 Å². The van der Waals surface area contributed by atoms with Gasteiger partial charge >= 0.3 is 0 Å². The van der Waals surface area contributed by atoms with E-state index in [4.69, 9.17) is 9.47 Å². The summed E-state index contributed by atoms with van der Waals surface area (Å²) in [5.41, 5.74) is 1.96. The van der Waals surface area contributed by atoms with Crippen molar-refractivity contribution in [2.45, 2.75) is 103 Å². The first-order chi connectivity index (χ1) is 14.2. The van der Waals surface area contributed by atoms with Crippen molar-refractivity contribution in [1.82, 2.24) is 0 Å². The predicted octanol–water partition coefficient (Wildman–Crippen LogP) is 5.38. The van der Waals surface area contributed by atoms with Crippen LogP contribution in [0.4, 0.5) is 5.69 Å². The largest absolute Gasteiger partial charge is 0.385 e. The fourth-order valence-electron chi connectivity index (χ4n) is 4.08. The standard InChI is InChI=1S/C25H41NO4/c1-7-9-14-25(28)16-30-22(23(25)29-15-10-8-2)24(27)26-21-19(17(3)4)12-11-13-20(21)18(5)6/h11-13,17-18,22-23,28H,7-10,14-16H2,1-6H3,(H,26,27)/t22-,23-,25-/m0/s1. The first-order valence-corrected chi connectivity index (χ1v) is 11.6. The Morgan fingerprint density at radius 1 is 1.17 bits per heavy atom. The van der Waals surface area contributed by atoms with Gasteiger partial charge in [0.05, 0.1) is 6.61 Å². The number of benzene rings is 1. The van der Waals surface area contributed by atoms with Crippen LogP contribution < -0.4 is 5.32 Å². The molecule has 30 heavy (non-hydrogen) atoms. The Kier molecular flexibility index (Phi) is 9.32. The van der Waals surface area contributed by atoms with E-state index in [1.54, 1.807) is 0 Å². The molecule has 2 rings (SSSR count). The summed E-state index contributed by atoms with van der Waals surface area (Å²) in [7, 11) is 0. The van der Waals surface area contributed by atoms with Crippen LogP contribution in [0.3, 0.4) is 0 Å². The van der Waals surface area contributed by atoms with E-state index >= 15 is 0 Å². The van der Waals surface area contributed by atoms with Crippen LogP contribution >= 0.6 is 0 Å².